The molecule has 9 rings (SSSR count). The maximum Gasteiger partial charge on any atom is 2.00 e. The van der Waals surface area contributed by atoms with Gasteiger partial charge in [-0.05, 0) is 93.1 Å². The van der Waals surface area contributed by atoms with Gasteiger partial charge in [0.2, 0.25) is 0 Å². The predicted octanol–water partition coefficient (Wildman–Crippen LogP) is 9.84. The van der Waals surface area contributed by atoms with Crippen molar-refractivity contribution in [2.24, 2.45) is 0 Å². The molecule has 0 fully saturated rings. The molecule has 5 aromatic heterocycles. The molecule has 0 aliphatic rings. The van der Waals surface area contributed by atoms with Gasteiger partial charge in [0, 0.05) is 46.2 Å². The molecule has 0 spiro atoms. The molecule has 47 heavy (non-hydrogen) atoms. The van der Waals surface area contributed by atoms with Crippen LogP contribution in [0.4, 0.5) is 0 Å². The molecule has 0 bridgehead atoms. The first kappa shape index (κ1) is 29.1. The van der Waals surface area contributed by atoms with E-state index in [0.29, 0.717) is 0 Å². The zero-order valence-corrected chi connectivity index (χ0v) is 27.8. The standard InChI is InChI=1S/C40H23N5S.Pt/c1-2-17-43-35(6-1)30-4-3-5-32(22-30)45-37-12-9-28(26-13-18-41-19-14-26)23-34(37)33-10-7-31(24-38(33)45)40-44-36-11-8-29(25-39(36)46-40)27-15-20-42-21-16-27;/h1-21,23,25H;/q-2;+2. The second kappa shape index (κ2) is 12.1. The van der Waals surface area contributed by atoms with Crippen molar-refractivity contribution in [2.45, 2.75) is 0 Å². The minimum Gasteiger partial charge on any atom is -0.346 e. The molecule has 0 N–H and O–H groups in total. The molecule has 9 aromatic rings. The number of hydrogen-bond acceptors (Lipinski definition) is 5. The number of aromatic nitrogens is 5. The van der Waals surface area contributed by atoms with Crippen molar-refractivity contribution in [3.8, 4) is 49.8 Å². The second-order valence-corrected chi connectivity index (χ2v) is 12.1. The Bertz CT molecular complexity index is 2530. The van der Waals surface area contributed by atoms with E-state index in [9.17, 15) is 0 Å². The van der Waals surface area contributed by atoms with Crippen LogP contribution >= 0.6 is 11.3 Å². The second-order valence-electron chi connectivity index (χ2n) is 11.0. The van der Waals surface area contributed by atoms with Crippen LogP contribution in [0, 0.1) is 12.1 Å². The summed E-state index contributed by atoms with van der Waals surface area (Å²) in [5.74, 6) is 0. The smallest absolute Gasteiger partial charge is 0.346 e. The number of rotatable bonds is 5. The molecule has 0 atom stereocenters. The average Bonchev–Trinajstić information content (AvgIpc) is 3.71. The first-order chi connectivity index (χ1) is 22.8. The van der Waals surface area contributed by atoms with Gasteiger partial charge in [0.05, 0.1) is 5.52 Å². The summed E-state index contributed by atoms with van der Waals surface area (Å²) in [6.45, 7) is 0. The third-order valence-electron chi connectivity index (χ3n) is 8.28. The molecule has 224 valence electrons. The summed E-state index contributed by atoms with van der Waals surface area (Å²) < 4.78 is 3.39. The van der Waals surface area contributed by atoms with Crippen LogP contribution in [0.1, 0.15) is 0 Å². The summed E-state index contributed by atoms with van der Waals surface area (Å²) in [6, 6.07) is 45.1. The summed E-state index contributed by atoms with van der Waals surface area (Å²) in [5.41, 5.74) is 11.3. The van der Waals surface area contributed by atoms with Crippen LogP contribution in [0.25, 0.3) is 81.8 Å². The Morgan fingerprint density at radius 3 is 2.11 bits per heavy atom. The van der Waals surface area contributed by atoms with Gasteiger partial charge < -0.3 is 9.55 Å². The Morgan fingerprint density at radius 1 is 0.574 bits per heavy atom. The van der Waals surface area contributed by atoms with Gasteiger partial charge in [-0.1, -0.05) is 35.7 Å². The fourth-order valence-corrected chi connectivity index (χ4v) is 7.05. The largest absolute Gasteiger partial charge is 2.00 e. The van der Waals surface area contributed by atoms with E-state index in [0.717, 1.165) is 81.8 Å². The predicted molar refractivity (Wildman–Crippen MR) is 187 cm³/mol. The third-order valence-corrected chi connectivity index (χ3v) is 9.34. The van der Waals surface area contributed by atoms with E-state index in [4.69, 9.17) is 4.98 Å². The molecule has 0 unspecified atom stereocenters. The van der Waals surface area contributed by atoms with Crippen molar-refractivity contribution in [3.05, 3.63) is 152 Å². The first-order valence-electron chi connectivity index (χ1n) is 14.9. The van der Waals surface area contributed by atoms with Gasteiger partial charge in [-0.2, -0.15) is 11.3 Å². The minimum atomic E-state index is 0. The van der Waals surface area contributed by atoms with Crippen molar-refractivity contribution < 1.29 is 21.1 Å². The van der Waals surface area contributed by atoms with Gasteiger partial charge in [0.15, 0.2) is 0 Å². The van der Waals surface area contributed by atoms with Crippen LogP contribution < -0.4 is 0 Å². The Kier molecular flexibility index (Phi) is 7.53. The Morgan fingerprint density at radius 2 is 1.34 bits per heavy atom. The number of pyridine rings is 3. The Labute approximate surface area is 289 Å². The molecular weight excluding hydrogens is 778 g/mol. The fraction of sp³-hybridized carbons (Fsp3) is 0. The van der Waals surface area contributed by atoms with Crippen LogP contribution in [0.15, 0.2) is 140 Å². The van der Waals surface area contributed by atoms with E-state index in [1.807, 2.05) is 73.4 Å². The average molecular weight is 801 g/mol. The van der Waals surface area contributed by atoms with E-state index in [1.165, 1.54) is 0 Å². The maximum absolute atomic E-state index is 5.03. The molecule has 0 amide bonds. The molecule has 5 heterocycles. The summed E-state index contributed by atoms with van der Waals surface area (Å²) in [5, 5.41) is 3.20. The Hall–Kier alpha value is -5.29. The van der Waals surface area contributed by atoms with E-state index in [1.54, 1.807) is 11.3 Å². The van der Waals surface area contributed by atoms with Gasteiger partial charge in [-0.25, -0.2) is 0 Å². The quantitative estimate of drug-likeness (QED) is 0.163. The molecule has 4 aromatic carbocycles. The summed E-state index contributed by atoms with van der Waals surface area (Å²) in [6.07, 6.45) is 9.13. The van der Waals surface area contributed by atoms with Crippen LogP contribution in [-0.4, -0.2) is 24.5 Å². The molecule has 0 radical (unpaired) electrons. The van der Waals surface area contributed by atoms with Crippen molar-refractivity contribution in [2.75, 3.05) is 0 Å². The van der Waals surface area contributed by atoms with E-state index < -0.39 is 0 Å². The van der Waals surface area contributed by atoms with Gasteiger partial charge in [0.1, 0.15) is 0 Å². The van der Waals surface area contributed by atoms with Crippen LogP contribution in [0.5, 0.6) is 0 Å². The van der Waals surface area contributed by atoms with Gasteiger partial charge in [0.25, 0.3) is 0 Å². The van der Waals surface area contributed by atoms with Gasteiger partial charge >= 0.3 is 21.1 Å². The minimum absolute atomic E-state index is 0. The zero-order valence-electron chi connectivity index (χ0n) is 24.7. The summed E-state index contributed by atoms with van der Waals surface area (Å²) in [7, 11) is 0. The topological polar surface area (TPSA) is 56.5 Å². The van der Waals surface area contributed by atoms with E-state index in [-0.39, 0.29) is 21.1 Å². The van der Waals surface area contributed by atoms with Crippen molar-refractivity contribution in [1.29, 1.82) is 0 Å². The number of fused-ring (bicyclic) bond motifs is 4. The van der Waals surface area contributed by atoms with Crippen molar-refractivity contribution >= 4 is 43.4 Å². The van der Waals surface area contributed by atoms with Gasteiger partial charge in [-0.3, -0.25) is 15.0 Å². The third kappa shape index (κ3) is 5.26. The molecule has 5 nitrogen and oxygen atoms in total. The molecule has 0 saturated carbocycles. The van der Waals surface area contributed by atoms with Crippen LogP contribution in [-0.2, 0) is 21.1 Å². The number of hydrogen-bond donors (Lipinski definition) is 0. The summed E-state index contributed by atoms with van der Waals surface area (Å²) in [4.78, 5) is 18.0. The normalized spacial score (nSPS) is 11.2. The molecule has 0 saturated heterocycles. The zero-order chi connectivity index (χ0) is 30.5. The van der Waals surface area contributed by atoms with Gasteiger partial charge in [-0.15, -0.1) is 53.6 Å². The number of benzene rings is 4. The Balaban J connectivity index is 0.00000324. The molecule has 7 heteroatoms. The fourth-order valence-electron chi connectivity index (χ4n) is 6.06. The maximum atomic E-state index is 5.03. The summed E-state index contributed by atoms with van der Waals surface area (Å²) >= 11 is 1.69. The SMILES string of the molecule is [Pt+2].[c-]1c(-c2ccccn2)cccc1-n1c2[c-]c(-c3nc4ccc(-c5ccncc5)cc4s3)ccc2c2cc(-c3ccncc3)ccc21. The van der Waals surface area contributed by atoms with Crippen molar-refractivity contribution in [1.82, 2.24) is 24.5 Å². The number of nitrogens with zero attached hydrogens (tertiary/aromatic N) is 5. The van der Waals surface area contributed by atoms with Crippen LogP contribution in [0.3, 0.4) is 0 Å². The van der Waals surface area contributed by atoms with Crippen LogP contribution in [0.2, 0.25) is 0 Å². The van der Waals surface area contributed by atoms with Crippen molar-refractivity contribution in [3.63, 3.8) is 0 Å². The first-order valence-corrected chi connectivity index (χ1v) is 15.8. The molecule has 0 aliphatic heterocycles. The molecule has 0 aliphatic carbocycles. The molecular formula is C40H23N5PtS. The van der Waals surface area contributed by atoms with E-state index >= 15 is 0 Å². The number of thiazole rings is 1. The monoisotopic (exact) mass is 800 g/mol. The van der Waals surface area contributed by atoms with E-state index in [2.05, 4.69) is 98.4 Å².